The summed E-state index contributed by atoms with van der Waals surface area (Å²) in [4.78, 5) is 48.3. The second kappa shape index (κ2) is 11.2. The molecule has 4 N–H and O–H groups in total. The summed E-state index contributed by atoms with van der Waals surface area (Å²) in [6.45, 7) is 4.42. The van der Waals surface area contributed by atoms with E-state index in [1.807, 2.05) is 42.5 Å². The van der Waals surface area contributed by atoms with Crippen molar-refractivity contribution in [3.63, 3.8) is 0 Å². The molecule has 15 heteroatoms. The number of anilines is 1. The van der Waals surface area contributed by atoms with Crippen molar-refractivity contribution in [1.29, 1.82) is 0 Å². The van der Waals surface area contributed by atoms with Crippen molar-refractivity contribution >= 4 is 44.5 Å². The van der Waals surface area contributed by atoms with Gasteiger partial charge in [0, 0.05) is 25.6 Å². The third-order valence-electron chi connectivity index (χ3n) is 7.49. The van der Waals surface area contributed by atoms with Crippen LogP contribution in [0, 0.1) is 0 Å². The maximum atomic E-state index is 14.1. The Hall–Kier alpha value is -4.89. The Labute approximate surface area is 244 Å². The number of para-hydroxylation sites is 1. The number of hydrogen-bond acceptors (Lipinski definition) is 10. The predicted octanol–water partition coefficient (Wildman–Crippen LogP) is 1.22. The lowest BCUT2D eigenvalue weighted by Crippen LogP contribution is -2.65. The average molecular weight is 588 g/mol. The Morgan fingerprint density at radius 3 is 2.79 bits per heavy atom. The molecule has 2 fully saturated rings. The van der Waals surface area contributed by atoms with Crippen LogP contribution < -0.4 is 11.1 Å². The molecule has 2 saturated heterocycles. The summed E-state index contributed by atoms with van der Waals surface area (Å²) < 4.78 is 0.934. The topological polar surface area (TPSA) is 170 Å². The number of rotatable bonds is 8. The van der Waals surface area contributed by atoms with Crippen LogP contribution >= 0.6 is 11.3 Å². The molecule has 2 aromatic carbocycles. The molecule has 2 atom stereocenters. The zero-order valence-electron chi connectivity index (χ0n) is 22.8. The maximum Gasteiger partial charge on any atom is 0.332 e. The van der Waals surface area contributed by atoms with Gasteiger partial charge in [0.15, 0.2) is 5.13 Å². The van der Waals surface area contributed by atoms with Gasteiger partial charge in [0.05, 0.1) is 29.9 Å². The van der Waals surface area contributed by atoms with E-state index in [0.29, 0.717) is 11.0 Å². The number of benzene rings is 2. The zero-order valence-corrected chi connectivity index (χ0v) is 23.6. The Kier molecular flexibility index (Phi) is 7.26. The van der Waals surface area contributed by atoms with Crippen molar-refractivity contribution < 1.29 is 14.4 Å². The first-order chi connectivity index (χ1) is 20.4. The monoisotopic (exact) mass is 587 g/mol. The van der Waals surface area contributed by atoms with Gasteiger partial charge in [-0.05, 0) is 22.4 Å². The fourth-order valence-corrected chi connectivity index (χ4v) is 6.38. The molecule has 0 bridgehead atoms. The molecule has 42 heavy (non-hydrogen) atoms. The number of H-pyrrole nitrogens is 1. The molecule has 2 aliphatic rings. The van der Waals surface area contributed by atoms with Crippen LogP contribution in [0.1, 0.15) is 11.1 Å². The van der Waals surface area contributed by atoms with Crippen molar-refractivity contribution in [2.75, 3.05) is 32.4 Å². The van der Waals surface area contributed by atoms with Crippen molar-refractivity contribution in [2.45, 2.75) is 25.2 Å². The van der Waals surface area contributed by atoms with Gasteiger partial charge in [-0.2, -0.15) is 10.2 Å². The number of nitrogens with two attached hydrogens (primary N) is 1. The van der Waals surface area contributed by atoms with Crippen molar-refractivity contribution in [3.8, 4) is 11.4 Å². The predicted molar refractivity (Wildman–Crippen MR) is 155 cm³/mol. The molecule has 0 saturated carbocycles. The average Bonchev–Trinajstić information content (AvgIpc) is 3.73. The second-order valence-electron chi connectivity index (χ2n) is 9.99. The highest BCUT2D eigenvalue weighted by molar-refractivity contribution is 7.22. The molecular formula is C27H29N11O3S. The van der Waals surface area contributed by atoms with E-state index in [1.165, 1.54) is 23.4 Å². The van der Waals surface area contributed by atoms with E-state index in [2.05, 4.69) is 37.5 Å². The molecular weight excluding hydrogens is 558 g/mol. The minimum Gasteiger partial charge on any atom is -0.375 e. The van der Waals surface area contributed by atoms with E-state index in [4.69, 9.17) is 5.73 Å². The fourth-order valence-electron chi connectivity index (χ4n) is 5.60. The number of nitrogens with one attached hydrogen (secondary N) is 2. The van der Waals surface area contributed by atoms with Gasteiger partial charge in [0.1, 0.15) is 12.2 Å². The van der Waals surface area contributed by atoms with Crippen molar-refractivity contribution in [2.24, 2.45) is 0 Å². The van der Waals surface area contributed by atoms with E-state index in [1.54, 1.807) is 20.9 Å². The van der Waals surface area contributed by atoms with E-state index in [9.17, 15) is 14.4 Å². The number of carbonyl (C=O) groups is 3. The minimum atomic E-state index is -0.785. The van der Waals surface area contributed by atoms with Gasteiger partial charge in [0.25, 0.3) is 0 Å². The van der Waals surface area contributed by atoms with Gasteiger partial charge < -0.3 is 20.9 Å². The third-order valence-corrected chi connectivity index (χ3v) is 8.34. The largest absolute Gasteiger partial charge is 0.375 e. The van der Waals surface area contributed by atoms with Gasteiger partial charge in [-0.25, -0.2) is 9.78 Å². The number of fused-ring (bicyclic) bond motifs is 2. The van der Waals surface area contributed by atoms with E-state index < -0.39 is 12.2 Å². The first kappa shape index (κ1) is 27.3. The number of hydrazine groups is 1. The summed E-state index contributed by atoms with van der Waals surface area (Å²) in [5, 5.41) is 20.3. The number of amides is 4. The standard InChI is InChI=1S/C27H29N11O3S/c1-3-11-36(27(41)29-2)37-15-22(39)38-19(12-16-7-9-17(10-8-16)24-31-33-34-32-24)25(40)35(14-21(37)38)13-18-5-4-6-20-23(18)30-26(28)42-20/h3-10,19,21H,1,11-15H2,2H3,(H2,28,30)(H,29,41)(H,31,32,33,34)/t19-,21+/m0/s1. The van der Waals surface area contributed by atoms with Crippen LogP contribution in [0.4, 0.5) is 9.93 Å². The van der Waals surface area contributed by atoms with E-state index in [-0.39, 0.29) is 50.4 Å². The lowest BCUT2D eigenvalue weighted by molar-refractivity contribution is -0.157. The molecule has 0 radical (unpaired) electrons. The fraction of sp³-hybridized carbons (Fsp3) is 0.296. The highest BCUT2D eigenvalue weighted by atomic mass is 32.1. The molecule has 4 aromatic rings. The summed E-state index contributed by atoms with van der Waals surface area (Å²) in [5.41, 5.74) is 9.22. The van der Waals surface area contributed by atoms with Crippen LogP contribution in [-0.4, -0.2) is 102 Å². The van der Waals surface area contributed by atoms with E-state index in [0.717, 1.165) is 26.9 Å². The number of hydrogen-bond donors (Lipinski definition) is 3. The quantitative estimate of drug-likeness (QED) is 0.257. The normalized spacial score (nSPS) is 18.9. The molecule has 0 aliphatic carbocycles. The summed E-state index contributed by atoms with van der Waals surface area (Å²) in [7, 11) is 1.53. The van der Waals surface area contributed by atoms with Gasteiger partial charge in [-0.15, -0.1) is 16.8 Å². The summed E-state index contributed by atoms with van der Waals surface area (Å²) in [6, 6.07) is 12.1. The number of aromatic nitrogens is 5. The number of urea groups is 1. The van der Waals surface area contributed by atoms with Crippen molar-refractivity contribution in [3.05, 3.63) is 66.2 Å². The van der Waals surface area contributed by atoms with Crippen LogP contribution in [0.3, 0.4) is 0 Å². The summed E-state index contributed by atoms with van der Waals surface area (Å²) in [5.74, 6) is 0.0492. The molecule has 4 amide bonds. The Balaban J connectivity index is 1.35. The highest BCUT2D eigenvalue weighted by Crippen LogP contribution is 2.32. The van der Waals surface area contributed by atoms with Gasteiger partial charge in [-0.1, -0.05) is 53.8 Å². The number of nitrogen functional groups attached to an aromatic ring is 1. The lowest BCUT2D eigenvalue weighted by Gasteiger charge is -2.46. The van der Waals surface area contributed by atoms with Crippen LogP contribution in [0.5, 0.6) is 0 Å². The number of carbonyl (C=O) groups excluding carboxylic acids is 3. The number of thiazole rings is 1. The molecule has 0 spiro atoms. The smallest absolute Gasteiger partial charge is 0.332 e. The van der Waals surface area contributed by atoms with Crippen LogP contribution in [0.2, 0.25) is 0 Å². The van der Waals surface area contributed by atoms with Gasteiger partial charge in [0.2, 0.25) is 17.6 Å². The number of nitrogens with zero attached hydrogens (tertiary/aromatic N) is 8. The Morgan fingerprint density at radius 1 is 1.26 bits per heavy atom. The lowest BCUT2D eigenvalue weighted by atomic mass is 9.99. The SMILES string of the molecule is C=CCN(C(=O)NC)N1CC(=O)N2[C@@H](Cc3ccc(-c4nn[nH]n4)cc3)C(=O)N(Cc3cccc4sc(N)nc34)C[C@@H]21. The maximum absolute atomic E-state index is 14.1. The Morgan fingerprint density at radius 2 is 2.07 bits per heavy atom. The zero-order chi connectivity index (χ0) is 29.4. The third kappa shape index (κ3) is 4.92. The molecule has 2 aliphatic heterocycles. The van der Waals surface area contributed by atoms with Crippen molar-refractivity contribution in [1.82, 2.24) is 50.7 Å². The molecule has 0 unspecified atom stereocenters. The van der Waals surface area contributed by atoms with Crippen LogP contribution in [-0.2, 0) is 22.6 Å². The highest BCUT2D eigenvalue weighted by Gasteiger charge is 2.52. The minimum absolute atomic E-state index is 0.0431. The molecule has 216 valence electrons. The number of aromatic amines is 1. The number of piperazine rings is 1. The first-order valence-corrected chi connectivity index (χ1v) is 14.1. The molecule has 2 aromatic heterocycles. The summed E-state index contributed by atoms with van der Waals surface area (Å²) >= 11 is 1.39. The van der Waals surface area contributed by atoms with Crippen LogP contribution in [0.15, 0.2) is 55.1 Å². The Bertz CT molecular complexity index is 1640. The molecule has 4 heterocycles. The van der Waals surface area contributed by atoms with E-state index >= 15 is 0 Å². The second-order valence-corrected chi connectivity index (χ2v) is 11.1. The number of tetrazole rings is 1. The van der Waals surface area contributed by atoms with Crippen LogP contribution in [0.25, 0.3) is 21.6 Å². The molecule has 6 rings (SSSR count). The molecule has 14 nitrogen and oxygen atoms in total. The first-order valence-electron chi connectivity index (χ1n) is 13.3. The summed E-state index contributed by atoms with van der Waals surface area (Å²) in [6.07, 6.45) is 1.33. The van der Waals surface area contributed by atoms with Gasteiger partial charge in [-0.3, -0.25) is 14.6 Å². The van der Waals surface area contributed by atoms with Gasteiger partial charge >= 0.3 is 6.03 Å².